The highest BCUT2D eigenvalue weighted by molar-refractivity contribution is 5.68. The molecule has 0 saturated heterocycles. The Morgan fingerprint density at radius 1 is 1.00 bits per heavy atom. The number of ether oxygens (including phenoxy) is 1. The molecule has 0 unspecified atom stereocenters. The van der Waals surface area contributed by atoms with Crippen molar-refractivity contribution in [3.05, 3.63) is 0 Å². The normalized spacial score (nSPS) is 10.8. The molecular weight excluding hydrogens is 220 g/mol. The van der Waals surface area contributed by atoms with Crippen LogP contribution >= 0.6 is 0 Å². The Bertz CT molecular complexity index is 180. The minimum Gasteiger partial charge on any atom is -0.466 e. The Kier molecular flexibility index (Phi) is 11.4. The fourth-order valence-electron chi connectivity index (χ4n) is 1.60. The maximum atomic E-state index is 10.8. The zero-order valence-electron chi connectivity index (χ0n) is 10.9. The van der Waals surface area contributed by atoms with E-state index in [0.29, 0.717) is 19.4 Å². The van der Waals surface area contributed by atoms with Gasteiger partial charge in [0.15, 0.2) is 6.29 Å². The number of rotatable bonds is 11. The van der Waals surface area contributed by atoms with Gasteiger partial charge >= 0.3 is 5.97 Å². The molecule has 4 heteroatoms. The lowest BCUT2D eigenvalue weighted by Gasteiger charge is -2.04. The molecule has 0 saturated carbocycles. The van der Waals surface area contributed by atoms with Crippen LogP contribution in [0.2, 0.25) is 0 Å². The lowest BCUT2D eigenvalue weighted by atomic mass is 10.1. The third kappa shape index (κ3) is 13.3. The highest BCUT2D eigenvalue weighted by atomic mass is 16.5. The predicted molar refractivity (Wildman–Crippen MR) is 66.4 cm³/mol. The van der Waals surface area contributed by atoms with E-state index in [1.807, 2.05) is 0 Å². The zero-order chi connectivity index (χ0) is 12.9. The van der Waals surface area contributed by atoms with Crippen LogP contribution in [0.25, 0.3) is 0 Å². The van der Waals surface area contributed by atoms with Crippen LogP contribution in [0.1, 0.15) is 64.7 Å². The van der Waals surface area contributed by atoms with Crippen LogP contribution < -0.4 is 0 Å². The summed E-state index contributed by atoms with van der Waals surface area (Å²) in [5.74, 6) is -0.118. The van der Waals surface area contributed by atoms with Crippen molar-refractivity contribution in [3.63, 3.8) is 0 Å². The van der Waals surface area contributed by atoms with E-state index < -0.39 is 6.29 Å². The molecule has 0 aliphatic rings. The number of carbonyl (C=O) groups excluding carboxylic acids is 1. The zero-order valence-corrected chi connectivity index (χ0v) is 10.9. The molecule has 0 atom stereocenters. The molecule has 0 aromatic rings. The van der Waals surface area contributed by atoms with Gasteiger partial charge in [-0.3, -0.25) is 4.79 Å². The minimum absolute atomic E-state index is 0.118. The molecule has 0 amide bonds. The van der Waals surface area contributed by atoms with E-state index in [0.717, 1.165) is 38.5 Å². The molecule has 4 nitrogen and oxygen atoms in total. The van der Waals surface area contributed by atoms with Crippen LogP contribution in [0.15, 0.2) is 0 Å². The average molecular weight is 246 g/mol. The topological polar surface area (TPSA) is 66.8 Å². The third-order valence-corrected chi connectivity index (χ3v) is 2.66. The van der Waals surface area contributed by atoms with Crippen LogP contribution in [0.4, 0.5) is 0 Å². The molecular formula is C13H26O4. The summed E-state index contributed by atoms with van der Waals surface area (Å²) in [5, 5.41) is 17.3. The Hall–Kier alpha value is -0.610. The molecule has 17 heavy (non-hydrogen) atoms. The fourth-order valence-corrected chi connectivity index (χ4v) is 1.60. The summed E-state index contributed by atoms with van der Waals surface area (Å²) in [6.07, 6.45) is 7.23. The van der Waals surface area contributed by atoms with Crippen molar-refractivity contribution in [1.82, 2.24) is 0 Å². The van der Waals surface area contributed by atoms with Gasteiger partial charge in [0.05, 0.1) is 6.61 Å². The van der Waals surface area contributed by atoms with Crippen molar-refractivity contribution in [1.29, 1.82) is 0 Å². The van der Waals surface area contributed by atoms with Gasteiger partial charge < -0.3 is 14.9 Å². The van der Waals surface area contributed by atoms with Crippen molar-refractivity contribution >= 4 is 5.97 Å². The van der Waals surface area contributed by atoms with Gasteiger partial charge in [0.25, 0.3) is 0 Å². The molecule has 2 N–H and O–H groups in total. The summed E-state index contributed by atoms with van der Waals surface area (Å²) in [6, 6.07) is 0. The van der Waals surface area contributed by atoms with Gasteiger partial charge in [-0.15, -0.1) is 0 Å². The SMILES string of the molecule is CCC(=O)OCCCCCCCCCC(O)O. The van der Waals surface area contributed by atoms with Crippen LogP contribution in [0, 0.1) is 0 Å². The van der Waals surface area contributed by atoms with Crippen molar-refractivity contribution in [2.45, 2.75) is 71.0 Å². The molecule has 0 aromatic carbocycles. The number of unbranched alkanes of at least 4 members (excludes halogenated alkanes) is 6. The molecule has 0 aliphatic carbocycles. The Morgan fingerprint density at radius 2 is 1.53 bits per heavy atom. The summed E-state index contributed by atoms with van der Waals surface area (Å²) in [6.45, 7) is 2.34. The molecule has 0 radical (unpaired) electrons. The highest BCUT2D eigenvalue weighted by Gasteiger charge is 1.98. The van der Waals surface area contributed by atoms with E-state index in [1.54, 1.807) is 6.92 Å². The van der Waals surface area contributed by atoms with Crippen LogP contribution in [0.3, 0.4) is 0 Å². The number of esters is 1. The van der Waals surface area contributed by atoms with Gasteiger partial charge in [-0.25, -0.2) is 0 Å². The summed E-state index contributed by atoms with van der Waals surface area (Å²) in [5.41, 5.74) is 0. The maximum Gasteiger partial charge on any atom is 0.305 e. The van der Waals surface area contributed by atoms with Crippen LogP contribution in [-0.2, 0) is 9.53 Å². The molecule has 0 bridgehead atoms. The van der Waals surface area contributed by atoms with E-state index in [-0.39, 0.29) is 5.97 Å². The number of hydrogen-bond acceptors (Lipinski definition) is 4. The molecule has 0 rings (SSSR count). The van der Waals surface area contributed by atoms with Crippen LogP contribution in [-0.4, -0.2) is 29.1 Å². The number of hydrogen-bond donors (Lipinski definition) is 2. The van der Waals surface area contributed by atoms with Gasteiger partial charge in [-0.1, -0.05) is 39.0 Å². The van der Waals surface area contributed by atoms with Gasteiger partial charge in [-0.05, 0) is 19.3 Å². The highest BCUT2D eigenvalue weighted by Crippen LogP contribution is 2.09. The van der Waals surface area contributed by atoms with Crippen molar-refractivity contribution in [2.75, 3.05) is 6.61 Å². The summed E-state index contributed by atoms with van der Waals surface area (Å²) in [7, 11) is 0. The standard InChI is InChI=1S/C13H26O4/c1-2-13(16)17-11-9-7-5-3-4-6-8-10-12(14)15/h12,14-15H,2-11H2,1H3. The second-order valence-corrected chi connectivity index (χ2v) is 4.32. The molecule has 0 fully saturated rings. The van der Waals surface area contributed by atoms with Crippen LogP contribution in [0.5, 0.6) is 0 Å². The molecule has 0 aromatic heterocycles. The van der Waals surface area contributed by atoms with Gasteiger partial charge in [0.1, 0.15) is 0 Å². The van der Waals surface area contributed by atoms with Crippen molar-refractivity contribution in [3.8, 4) is 0 Å². The monoisotopic (exact) mass is 246 g/mol. The Balaban J connectivity index is 3.01. The van der Waals surface area contributed by atoms with E-state index in [2.05, 4.69) is 0 Å². The molecule has 102 valence electrons. The average Bonchev–Trinajstić information content (AvgIpc) is 2.30. The second-order valence-electron chi connectivity index (χ2n) is 4.32. The largest absolute Gasteiger partial charge is 0.466 e. The third-order valence-electron chi connectivity index (χ3n) is 2.66. The number of carbonyl (C=O) groups is 1. The fraction of sp³-hybridized carbons (Fsp3) is 0.923. The molecule has 0 heterocycles. The molecule has 0 aliphatic heterocycles. The Labute approximate surface area is 104 Å². The van der Waals surface area contributed by atoms with E-state index >= 15 is 0 Å². The first-order valence-corrected chi connectivity index (χ1v) is 6.68. The summed E-state index contributed by atoms with van der Waals surface area (Å²) in [4.78, 5) is 10.8. The molecule has 0 spiro atoms. The quantitative estimate of drug-likeness (QED) is 0.334. The summed E-state index contributed by atoms with van der Waals surface area (Å²) < 4.78 is 4.97. The minimum atomic E-state index is -1.15. The number of aliphatic hydroxyl groups excluding tert-OH is 1. The van der Waals surface area contributed by atoms with E-state index in [4.69, 9.17) is 14.9 Å². The second kappa shape index (κ2) is 11.9. The predicted octanol–water partition coefficient (Wildman–Crippen LogP) is 2.37. The van der Waals surface area contributed by atoms with Gasteiger partial charge in [-0.2, -0.15) is 0 Å². The number of aliphatic hydroxyl groups is 2. The van der Waals surface area contributed by atoms with Crippen molar-refractivity contribution < 1.29 is 19.7 Å². The van der Waals surface area contributed by atoms with E-state index in [1.165, 1.54) is 6.42 Å². The smallest absolute Gasteiger partial charge is 0.305 e. The lowest BCUT2D eigenvalue weighted by molar-refractivity contribution is -0.143. The lowest BCUT2D eigenvalue weighted by Crippen LogP contribution is -2.03. The maximum absolute atomic E-state index is 10.8. The van der Waals surface area contributed by atoms with Gasteiger partial charge in [0, 0.05) is 6.42 Å². The first-order chi connectivity index (χ1) is 8.16. The summed E-state index contributed by atoms with van der Waals surface area (Å²) >= 11 is 0. The first-order valence-electron chi connectivity index (χ1n) is 6.68. The van der Waals surface area contributed by atoms with E-state index in [9.17, 15) is 4.79 Å². The van der Waals surface area contributed by atoms with Gasteiger partial charge in [0.2, 0.25) is 0 Å². The Morgan fingerprint density at radius 3 is 2.06 bits per heavy atom. The first kappa shape index (κ1) is 16.4. The van der Waals surface area contributed by atoms with Crippen molar-refractivity contribution in [2.24, 2.45) is 0 Å².